The van der Waals surface area contributed by atoms with Crippen molar-refractivity contribution in [2.45, 2.75) is 0 Å². The summed E-state index contributed by atoms with van der Waals surface area (Å²) >= 11 is 1.83. The van der Waals surface area contributed by atoms with Crippen molar-refractivity contribution in [3.8, 4) is 78.7 Å². The highest BCUT2D eigenvalue weighted by atomic mass is 32.1. The molecule has 0 amide bonds. The van der Waals surface area contributed by atoms with Gasteiger partial charge < -0.3 is 4.42 Å². The molecule has 0 saturated heterocycles. The van der Waals surface area contributed by atoms with Crippen LogP contribution in [0, 0.1) is 0 Å². The summed E-state index contributed by atoms with van der Waals surface area (Å²) in [6.07, 6.45) is 3.75. The van der Waals surface area contributed by atoms with E-state index in [1.54, 1.807) is 0 Å². The lowest BCUT2D eigenvalue weighted by molar-refractivity contribution is 0.670. The molecule has 0 radical (unpaired) electrons. The second kappa shape index (κ2) is 14.9. The Balaban J connectivity index is 0.906. The van der Waals surface area contributed by atoms with Gasteiger partial charge in [0.25, 0.3) is 0 Å². The van der Waals surface area contributed by atoms with E-state index in [0.717, 1.165) is 89.0 Å². The predicted octanol–water partition coefficient (Wildman–Crippen LogP) is 15.2. The van der Waals surface area contributed by atoms with Crippen LogP contribution in [0.4, 0.5) is 0 Å². The summed E-state index contributed by atoms with van der Waals surface area (Å²) in [4.78, 5) is 19.5. The maximum Gasteiger partial charge on any atom is 0.160 e. The van der Waals surface area contributed by atoms with Gasteiger partial charge in [-0.2, -0.15) is 0 Å². The van der Waals surface area contributed by atoms with Gasteiger partial charge in [0.1, 0.15) is 11.2 Å². The van der Waals surface area contributed by atoms with Crippen molar-refractivity contribution < 1.29 is 4.42 Å². The van der Waals surface area contributed by atoms with E-state index in [2.05, 4.69) is 149 Å². The number of benzene rings is 8. The summed E-state index contributed by atoms with van der Waals surface area (Å²) in [6.45, 7) is 0. The van der Waals surface area contributed by atoms with Crippen LogP contribution in [0.15, 0.2) is 211 Å². The lowest BCUT2D eigenvalue weighted by Crippen LogP contribution is -1.96. The molecule has 12 rings (SSSR count). The minimum atomic E-state index is 0.656. The predicted molar refractivity (Wildman–Crippen MR) is 256 cm³/mol. The van der Waals surface area contributed by atoms with Crippen LogP contribution in [0.2, 0.25) is 0 Å². The van der Waals surface area contributed by atoms with Gasteiger partial charge in [0, 0.05) is 76.7 Å². The maximum atomic E-state index is 6.71. The number of hydrogen-bond donors (Lipinski definition) is 0. The number of nitrogens with zero attached hydrogens (tertiary/aromatic N) is 4. The average molecular weight is 811 g/mol. The Labute approximate surface area is 361 Å². The summed E-state index contributed by atoms with van der Waals surface area (Å²) in [6, 6.07) is 67.6. The highest BCUT2D eigenvalue weighted by molar-refractivity contribution is 7.25. The zero-order valence-corrected chi connectivity index (χ0v) is 34.1. The van der Waals surface area contributed by atoms with E-state index >= 15 is 0 Å². The smallest absolute Gasteiger partial charge is 0.160 e. The van der Waals surface area contributed by atoms with Gasteiger partial charge in [-0.1, -0.05) is 164 Å². The largest absolute Gasteiger partial charge is 0.455 e. The van der Waals surface area contributed by atoms with Crippen molar-refractivity contribution in [1.29, 1.82) is 0 Å². The molecule has 0 N–H and O–H groups in total. The quantitative estimate of drug-likeness (QED) is 0.160. The third-order valence-corrected chi connectivity index (χ3v) is 12.8. The van der Waals surface area contributed by atoms with Gasteiger partial charge in [-0.15, -0.1) is 11.3 Å². The zero-order chi connectivity index (χ0) is 41.0. The third-order valence-electron chi connectivity index (χ3n) is 11.7. The van der Waals surface area contributed by atoms with Gasteiger partial charge in [0.05, 0.1) is 11.4 Å². The van der Waals surface area contributed by atoms with E-state index in [-0.39, 0.29) is 0 Å². The number of fused-ring (bicyclic) bond motifs is 6. The summed E-state index contributed by atoms with van der Waals surface area (Å²) in [7, 11) is 0. The van der Waals surface area contributed by atoms with Crippen molar-refractivity contribution in [3.63, 3.8) is 0 Å². The minimum Gasteiger partial charge on any atom is -0.455 e. The van der Waals surface area contributed by atoms with Gasteiger partial charge in [0.2, 0.25) is 0 Å². The number of thiophene rings is 1. The lowest BCUT2D eigenvalue weighted by Gasteiger charge is -2.12. The van der Waals surface area contributed by atoms with E-state index in [4.69, 9.17) is 14.4 Å². The highest BCUT2D eigenvalue weighted by Gasteiger charge is 2.19. The Kier molecular flexibility index (Phi) is 8.61. The molecule has 0 aliphatic carbocycles. The van der Waals surface area contributed by atoms with E-state index in [1.165, 1.54) is 20.2 Å². The molecule has 8 aromatic carbocycles. The van der Waals surface area contributed by atoms with Crippen molar-refractivity contribution in [3.05, 3.63) is 207 Å². The first-order chi connectivity index (χ1) is 30.7. The molecular weight excluding hydrogens is 777 g/mol. The molecule has 12 aromatic rings. The molecule has 0 atom stereocenters. The van der Waals surface area contributed by atoms with Crippen molar-refractivity contribution in [2.24, 2.45) is 0 Å². The number of rotatable bonds is 7. The summed E-state index contributed by atoms with van der Waals surface area (Å²) in [5.74, 6) is 1.36. The van der Waals surface area contributed by atoms with Gasteiger partial charge in [-0.05, 0) is 52.6 Å². The van der Waals surface area contributed by atoms with Gasteiger partial charge in [-0.25, -0.2) is 19.9 Å². The topological polar surface area (TPSA) is 64.7 Å². The molecular formula is C56H34N4OS. The summed E-state index contributed by atoms with van der Waals surface area (Å²) < 4.78 is 9.28. The monoisotopic (exact) mass is 810 g/mol. The van der Waals surface area contributed by atoms with E-state index < -0.39 is 0 Å². The first kappa shape index (κ1) is 35.8. The van der Waals surface area contributed by atoms with E-state index in [9.17, 15) is 0 Å². The molecule has 0 spiro atoms. The van der Waals surface area contributed by atoms with Crippen molar-refractivity contribution >= 4 is 53.4 Å². The molecule has 6 heteroatoms. The fraction of sp³-hybridized carbons (Fsp3) is 0. The molecule has 0 bridgehead atoms. The van der Waals surface area contributed by atoms with Crippen molar-refractivity contribution in [1.82, 2.24) is 19.9 Å². The van der Waals surface area contributed by atoms with Crippen LogP contribution in [0.25, 0.3) is 121 Å². The standard InChI is InChI=1S/C56H34N4OS/c1-3-11-37(12-4-1)48-32-49(60-56(59-48)40-25-19-35(20-26-40)42-33-57-55(58-34-42)39-13-5-2-6-14-39)38-23-21-36(22-24-38)43-29-30-44(54-53(43)47-16-7-9-17-50(47)61-54)41-27-28-46-45-15-8-10-18-51(45)62-52(46)31-41/h1-34H. The Hall–Kier alpha value is -8.06. The van der Waals surface area contributed by atoms with Crippen LogP contribution in [-0.4, -0.2) is 19.9 Å². The van der Waals surface area contributed by atoms with Crippen LogP contribution < -0.4 is 0 Å². The molecule has 0 unspecified atom stereocenters. The van der Waals surface area contributed by atoms with E-state index in [1.807, 2.05) is 78.3 Å². The SMILES string of the molecule is c1ccc(-c2cc(-c3ccc(-c4ccc(-c5ccc6c(c5)sc5ccccc56)c5oc6ccccc6c45)cc3)nc(-c3ccc(-c4cnc(-c5ccccc5)nc4)cc3)n2)cc1. The zero-order valence-electron chi connectivity index (χ0n) is 33.2. The summed E-state index contributed by atoms with van der Waals surface area (Å²) in [5, 5.41) is 4.79. The van der Waals surface area contributed by atoms with E-state index in [0.29, 0.717) is 11.6 Å². The summed E-state index contributed by atoms with van der Waals surface area (Å²) in [5.41, 5.74) is 13.8. The van der Waals surface area contributed by atoms with Crippen LogP contribution in [0.5, 0.6) is 0 Å². The Bertz CT molecular complexity index is 3600. The first-order valence-electron chi connectivity index (χ1n) is 20.6. The lowest BCUT2D eigenvalue weighted by atomic mass is 9.93. The normalized spacial score (nSPS) is 11.5. The van der Waals surface area contributed by atoms with Crippen LogP contribution in [0.1, 0.15) is 0 Å². The highest BCUT2D eigenvalue weighted by Crippen LogP contribution is 2.44. The van der Waals surface area contributed by atoms with Crippen LogP contribution in [-0.2, 0) is 0 Å². The molecule has 5 nitrogen and oxygen atoms in total. The second-order valence-corrected chi connectivity index (χ2v) is 16.5. The molecule has 0 fully saturated rings. The molecule has 0 aliphatic rings. The van der Waals surface area contributed by atoms with Gasteiger partial charge in [0.15, 0.2) is 11.6 Å². The Morgan fingerprint density at radius 3 is 1.66 bits per heavy atom. The fourth-order valence-electron chi connectivity index (χ4n) is 8.52. The van der Waals surface area contributed by atoms with Crippen LogP contribution in [0.3, 0.4) is 0 Å². The van der Waals surface area contributed by atoms with Crippen molar-refractivity contribution in [2.75, 3.05) is 0 Å². The number of aromatic nitrogens is 4. The minimum absolute atomic E-state index is 0.656. The Morgan fingerprint density at radius 2 is 0.903 bits per heavy atom. The van der Waals surface area contributed by atoms with Gasteiger partial charge in [-0.3, -0.25) is 0 Å². The molecule has 290 valence electrons. The van der Waals surface area contributed by atoms with Crippen LogP contribution >= 0.6 is 11.3 Å². The Morgan fingerprint density at radius 1 is 0.355 bits per heavy atom. The molecule has 0 saturated carbocycles. The third kappa shape index (κ3) is 6.33. The first-order valence-corrected chi connectivity index (χ1v) is 21.4. The van der Waals surface area contributed by atoms with Gasteiger partial charge >= 0.3 is 0 Å². The molecule has 4 heterocycles. The number of hydrogen-bond acceptors (Lipinski definition) is 6. The molecule has 62 heavy (non-hydrogen) atoms. The maximum absolute atomic E-state index is 6.71. The molecule has 4 aromatic heterocycles. The fourth-order valence-corrected chi connectivity index (χ4v) is 9.66. The number of para-hydroxylation sites is 1. The average Bonchev–Trinajstić information content (AvgIpc) is 3.93. The second-order valence-electron chi connectivity index (χ2n) is 15.4. The molecule has 0 aliphatic heterocycles. The number of furan rings is 1.